The van der Waals surface area contributed by atoms with Crippen LogP contribution in [0.2, 0.25) is 18.1 Å². The molecule has 0 amide bonds. The van der Waals surface area contributed by atoms with E-state index in [1.165, 1.54) is 0 Å². The third-order valence-corrected chi connectivity index (χ3v) is 11.4. The molecule has 0 aliphatic carbocycles. The van der Waals surface area contributed by atoms with E-state index in [4.69, 9.17) is 13.9 Å². The van der Waals surface area contributed by atoms with Gasteiger partial charge >= 0.3 is 0 Å². The van der Waals surface area contributed by atoms with Gasteiger partial charge in [0.05, 0.1) is 13.2 Å². The van der Waals surface area contributed by atoms with Gasteiger partial charge in [0.1, 0.15) is 5.78 Å². The van der Waals surface area contributed by atoms with Gasteiger partial charge in [0.15, 0.2) is 14.6 Å². The molecule has 1 N–H and O–H groups in total. The Balaban J connectivity index is 2.81. The summed E-state index contributed by atoms with van der Waals surface area (Å²) in [6.07, 6.45) is 9.19. The number of hydrogen-bond acceptors (Lipinski definition) is 5. The van der Waals surface area contributed by atoms with Gasteiger partial charge in [-0.3, -0.25) is 4.79 Å². The molecule has 1 heterocycles. The first-order valence-corrected chi connectivity index (χ1v) is 14.6. The number of rotatable bonds is 13. The van der Waals surface area contributed by atoms with Crippen LogP contribution in [-0.2, 0) is 18.7 Å². The lowest BCUT2D eigenvalue weighted by molar-refractivity contribution is -0.124. The van der Waals surface area contributed by atoms with Crippen molar-refractivity contribution in [3.8, 4) is 0 Å². The minimum atomic E-state index is -1.75. The molecule has 1 saturated heterocycles. The maximum absolute atomic E-state index is 12.4. The Morgan fingerprint density at radius 3 is 2.29 bits per heavy atom. The number of carbonyl (C=O) groups is 1. The lowest BCUT2D eigenvalue weighted by Crippen LogP contribution is -2.40. The molecule has 6 heteroatoms. The minimum Gasteiger partial charge on any atom is -0.417 e. The SMILES string of the molecule is CC(=O)[C@H](CCO)[C@](C)(/C=C/CCO[Si](C)(C)C(C)(C)C)CC/C=C(\C)C1OCCO1. The van der Waals surface area contributed by atoms with Crippen molar-refractivity contribution in [3.05, 3.63) is 23.8 Å². The van der Waals surface area contributed by atoms with Gasteiger partial charge < -0.3 is 19.0 Å². The average Bonchev–Trinajstić information content (AvgIpc) is 3.19. The second kappa shape index (κ2) is 12.4. The van der Waals surface area contributed by atoms with Crippen molar-refractivity contribution in [1.29, 1.82) is 0 Å². The lowest BCUT2D eigenvalue weighted by atomic mass is 9.70. The molecular formula is C25H46O5Si. The first-order valence-electron chi connectivity index (χ1n) is 11.7. The predicted molar refractivity (Wildman–Crippen MR) is 130 cm³/mol. The quantitative estimate of drug-likeness (QED) is 0.221. The van der Waals surface area contributed by atoms with Crippen LogP contribution in [0.3, 0.4) is 0 Å². The highest BCUT2D eigenvalue weighted by Gasteiger charge is 2.37. The molecule has 0 aromatic carbocycles. The van der Waals surface area contributed by atoms with Crippen molar-refractivity contribution in [2.75, 3.05) is 26.4 Å². The van der Waals surface area contributed by atoms with E-state index in [1.54, 1.807) is 6.92 Å². The molecule has 0 aromatic rings. The topological polar surface area (TPSA) is 65.0 Å². The Bertz CT molecular complexity index is 614. The molecule has 1 fully saturated rings. The van der Waals surface area contributed by atoms with Crippen LogP contribution in [0.4, 0.5) is 0 Å². The predicted octanol–water partition coefficient (Wildman–Crippen LogP) is 5.65. The average molecular weight is 455 g/mol. The number of aliphatic hydroxyl groups is 1. The van der Waals surface area contributed by atoms with Gasteiger partial charge in [0.25, 0.3) is 0 Å². The van der Waals surface area contributed by atoms with Crippen LogP contribution in [0.25, 0.3) is 0 Å². The highest BCUT2D eigenvalue weighted by molar-refractivity contribution is 6.74. The monoisotopic (exact) mass is 454 g/mol. The summed E-state index contributed by atoms with van der Waals surface area (Å²) in [6.45, 7) is 19.0. The maximum Gasteiger partial charge on any atom is 0.191 e. The van der Waals surface area contributed by atoms with Gasteiger partial charge in [-0.05, 0) is 68.7 Å². The fraction of sp³-hybridized carbons (Fsp3) is 0.800. The molecule has 0 unspecified atom stereocenters. The molecule has 1 rings (SSSR count). The molecule has 0 aromatic heterocycles. The Morgan fingerprint density at radius 1 is 1.16 bits per heavy atom. The van der Waals surface area contributed by atoms with Crippen LogP contribution in [0.1, 0.15) is 67.2 Å². The largest absolute Gasteiger partial charge is 0.417 e. The van der Waals surface area contributed by atoms with Gasteiger partial charge in [0, 0.05) is 19.1 Å². The van der Waals surface area contributed by atoms with Crippen LogP contribution < -0.4 is 0 Å². The van der Waals surface area contributed by atoms with E-state index in [0.29, 0.717) is 26.2 Å². The second-order valence-corrected chi connectivity index (χ2v) is 15.4. The van der Waals surface area contributed by atoms with E-state index in [0.717, 1.165) is 24.8 Å². The van der Waals surface area contributed by atoms with E-state index in [1.807, 2.05) is 6.92 Å². The zero-order valence-corrected chi connectivity index (χ0v) is 22.1. The molecular weight excluding hydrogens is 408 g/mol. The van der Waals surface area contributed by atoms with E-state index in [9.17, 15) is 9.90 Å². The smallest absolute Gasteiger partial charge is 0.191 e. The zero-order valence-electron chi connectivity index (χ0n) is 21.1. The van der Waals surface area contributed by atoms with Gasteiger partial charge in [0.2, 0.25) is 0 Å². The van der Waals surface area contributed by atoms with E-state index < -0.39 is 8.32 Å². The molecule has 180 valence electrons. The summed E-state index contributed by atoms with van der Waals surface area (Å²) in [6, 6.07) is 0. The van der Waals surface area contributed by atoms with Gasteiger partial charge in [-0.25, -0.2) is 0 Å². The lowest BCUT2D eigenvalue weighted by Gasteiger charge is -2.36. The van der Waals surface area contributed by atoms with Crippen molar-refractivity contribution in [3.63, 3.8) is 0 Å². The molecule has 0 bridgehead atoms. The molecule has 0 spiro atoms. The fourth-order valence-electron chi connectivity index (χ4n) is 3.78. The number of aliphatic hydroxyl groups excluding tert-OH is 1. The number of Topliss-reactive ketones (excluding diaryl/α,β-unsaturated/α-hetero) is 1. The normalized spacial score (nSPS) is 19.7. The summed E-state index contributed by atoms with van der Waals surface area (Å²) >= 11 is 0. The van der Waals surface area contributed by atoms with Crippen LogP contribution in [0, 0.1) is 11.3 Å². The fourth-order valence-corrected chi connectivity index (χ4v) is 4.84. The van der Waals surface area contributed by atoms with Crippen molar-refractivity contribution in [2.24, 2.45) is 11.3 Å². The Morgan fingerprint density at radius 2 is 1.77 bits per heavy atom. The summed E-state index contributed by atoms with van der Waals surface area (Å²) in [5, 5.41) is 9.74. The first kappa shape index (κ1) is 28.2. The molecule has 1 aliphatic rings. The minimum absolute atomic E-state index is 0.0147. The number of ether oxygens (including phenoxy) is 2. The Kier molecular flexibility index (Phi) is 11.3. The number of allylic oxidation sites excluding steroid dienone is 2. The third-order valence-electron chi connectivity index (χ3n) is 6.90. The van der Waals surface area contributed by atoms with Crippen LogP contribution in [-0.4, -0.2) is 51.9 Å². The van der Waals surface area contributed by atoms with Gasteiger partial charge in [-0.15, -0.1) is 0 Å². The van der Waals surface area contributed by atoms with Crippen LogP contribution in [0.15, 0.2) is 23.8 Å². The molecule has 0 radical (unpaired) electrons. The molecule has 5 nitrogen and oxygen atoms in total. The number of hydrogen-bond donors (Lipinski definition) is 1. The van der Waals surface area contributed by atoms with E-state index >= 15 is 0 Å². The van der Waals surface area contributed by atoms with Crippen molar-refractivity contribution in [2.45, 2.75) is 91.6 Å². The summed E-state index contributed by atoms with van der Waals surface area (Å²) in [7, 11) is -1.75. The van der Waals surface area contributed by atoms with E-state index in [2.05, 4.69) is 59.0 Å². The Labute approximate surface area is 191 Å². The maximum atomic E-state index is 12.4. The molecule has 0 saturated carbocycles. The Hall–Kier alpha value is -0.793. The first-order chi connectivity index (χ1) is 14.3. The highest BCUT2D eigenvalue weighted by atomic mass is 28.4. The highest BCUT2D eigenvalue weighted by Crippen LogP contribution is 2.38. The van der Waals surface area contributed by atoms with Crippen LogP contribution in [0.5, 0.6) is 0 Å². The summed E-state index contributed by atoms with van der Waals surface area (Å²) < 4.78 is 17.4. The molecule has 2 atom stereocenters. The molecule has 31 heavy (non-hydrogen) atoms. The van der Waals surface area contributed by atoms with E-state index in [-0.39, 0.29) is 35.1 Å². The summed E-state index contributed by atoms with van der Waals surface area (Å²) in [4.78, 5) is 12.4. The van der Waals surface area contributed by atoms with Crippen molar-refractivity contribution in [1.82, 2.24) is 0 Å². The zero-order chi connectivity index (χ0) is 23.7. The van der Waals surface area contributed by atoms with Gasteiger partial charge in [-0.2, -0.15) is 0 Å². The van der Waals surface area contributed by atoms with Crippen LogP contribution >= 0.6 is 0 Å². The molecule has 1 aliphatic heterocycles. The van der Waals surface area contributed by atoms with Crippen molar-refractivity contribution >= 4 is 14.1 Å². The summed E-state index contributed by atoms with van der Waals surface area (Å²) in [5.41, 5.74) is 0.757. The third kappa shape index (κ3) is 8.93. The van der Waals surface area contributed by atoms with Gasteiger partial charge in [-0.1, -0.05) is 45.9 Å². The standard InChI is InChI=1S/C25H46O5Si/c1-20(23-28-18-19-29-23)12-11-15-25(6,22(13-16-26)21(2)27)14-9-10-17-30-31(7,8)24(3,4)5/h9,12,14,22-23,26H,10-11,13,15-19H2,1-8H3/b14-9+,20-12+/t22-,25+/m0/s1. The number of ketones is 1. The second-order valence-electron chi connectivity index (χ2n) is 10.5. The summed E-state index contributed by atoms with van der Waals surface area (Å²) in [5.74, 6) is -0.0790. The van der Waals surface area contributed by atoms with Crippen molar-refractivity contribution < 1.29 is 23.8 Å². The number of carbonyl (C=O) groups excluding carboxylic acids is 1.